The lowest BCUT2D eigenvalue weighted by atomic mass is 9.57. The molecule has 2 heterocycles. The number of likely N-dealkylation sites (N-methyl/N-ethyl adjacent to an activating group) is 1. The normalized spacial score (nSPS) is 40.0. The summed E-state index contributed by atoms with van der Waals surface area (Å²) in [6, 6.07) is -0.182. The number of fused-ring (bicyclic) bond motifs is 5. The molecule has 4 unspecified atom stereocenters. The van der Waals surface area contributed by atoms with Gasteiger partial charge in [0, 0.05) is 39.7 Å². The van der Waals surface area contributed by atoms with Crippen LogP contribution in [0.4, 0.5) is 0 Å². The first-order valence-corrected chi connectivity index (χ1v) is 12.7. The fourth-order valence-electron chi connectivity index (χ4n) is 7.14. The van der Waals surface area contributed by atoms with Crippen molar-refractivity contribution in [1.82, 2.24) is 4.90 Å². The van der Waals surface area contributed by atoms with Crippen LogP contribution in [0.5, 0.6) is 0 Å². The summed E-state index contributed by atoms with van der Waals surface area (Å²) < 4.78 is 18.9. The molecule has 3 rings (SSSR count). The average molecular weight is 478 g/mol. The van der Waals surface area contributed by atoms with E-state index in [2.05, 4.69) is 20.4 Å². The molecule has 8 atom stereocenters. The van der Waals surface area contributed by atoms with Crippen molar-refractivity contribution in [2.24, 2.45) is 23.7 Å². The molecule has 2 saturated heterocycles. The molecule has 0 aromatic rings. The lowest BCUT2D eigenvalue weighted by Gasteiger charge is -2.51. The molecule has 0 radical (unpaired) electrons. The summed E-state index contributed by atoms with van der Waals surface area (Å²) in [5, 5.41) is 0. The maximum atomic E-state index is 12.3. The fraction of sp³-hybridized carbons (Fsp3) is 0.815. The molecule has 3 fully saturated rings. The van der Waals surface area contributed by atoms with Crippen molar-refractivity contribution in [1.29, 1.82) is 0 Å². The highest BCUT2D eigenvalue weighted by Gasteiger charge is 2.64. The Balaban J connectivity index is 2.14. The summed E-state index contributed by atoms with van der Waals surface area (Å²) in [7, 11) is 1.79. The second-order valence-electron chi connectivity index (χ2n) is 11.5. The number of esters is 2. The SMILES string of the molecule is C=C1C[C@@H]2O[C@@H](C3C(C(C)C)CC[C@](C)(OC(C)=O)C32)[C@@](C)(OC(C)=O)CCC1N(C)C(C)=O. The van der Waals surface area contributed by atoms with Crippen molar-refractivity contribution in [2.45, 2.75) is 110 Å². The summed E-state index contributed by atoms with van der Waals surface area (Å²) in [6.45, 7) is 17.3. The Bertz CT molecular complexity index is 839. The highest BCUT2D eigenvalue weighted by molar-refractivity contribution is 5.73. The van der Waals surface area contributed by atoms with Crippen molar-refractivity contribution in [2.75, 3.05) is 7.05 Å². The monoisotopic (exact) mass is 477 g/mol. The van der Waals surface area contributed by atoms with Gasteiger partial charge in [0.2, 0.25) is 5.91 Å². The van der Waals surface area contributed by atoms with E-state index in [-0.39, 0.29) is 47.9 Å². The van der Waals surface area contributed by atoms with Crippen LogP contribution in [0.15, 0.2) is 12.2 Å². The first-order chi connectivity index (χ1) is 15.7. The van der Waals surface area contributed by atoms with E-state index in [1.165, 1.54) is 13.8 Å². The number of nitrogens with zero attached hydrogens (tertiary/aromatic N) is 1. The van der Waals surface area contributed by atoms with E-state index >= 15 is 0 Å². The summed E-state index contributed by atoms with van der Waals surface area (Å²) >= 11 is 0. The quantitative estimate of drug-likeness (QED) is 0.444. The smallest absolute Gasteiger partial charge is 0.303 e. The Labute approximate surface area is 204 Å². The molecule has 192 valence electrons. The van der Waals surface area contributed by atoms with Gasteiger partial charge < -0.3 is 19.1 Å². The van der Waals surface area contributed by atoms with Crippen LogP contribution in [0, 0.1) is 23.7 Å². The van der Waals surface area contributed by atoms with Crippen molar-refractivity contribution in [3.8, 4) is 0 Å². The highest BCUT2D eigenvalue weighted by Crippen LogP contribution is 2.58. The van der Waals surface area contributed by atoms with E-state index in [0.29, 0.717) is 31.1 Å². The maximum absolute atomic E-state index is 12.3. The average Bonchev–Trinajstić information content (AvgIpc) is 3.08. The standard InChI is InChI=1S/C27H43NO6/c1-15(2)20-10-12-26(7,33-18(5)30)24-22-14-16(3)21(28(9)17(4)29)11-13-27(8,34-19(6)31)25(32-22)23(20)24/h15,20-25H,3,10-14H2,1-2,4-9H3/t20?,21?,22-,23?,24?,25-,26-,27-/m0/s1. The Morgan fingerprint density at radius 2 is 1.59 bits per heavy atom. The number of carbonyl (C=O) groups is 3. The van der Waals surface area contributed by atoms with E-state index in [4.69, 9.17) is 14.2 Å². The molecule has 2 aliphatic heterocycles. The van der Waals surface area contributed by atoms with E-state index in [0.717, 1.165) is 18.4 Å². The predicted octanol–water partition coefficient (Wildman–Crippen LogP) is 4.28. The van der Waals surface area contributed by atoms with E-state index in [1.807, 2.05) is 13.8 Å². The van der Waals surface area contributed by atoms with Gasteiger partial charge in [0.15, 0.2) is 0 Å². The van der Waals surface area contributed by atoms with Gasteiger partial charge in [-0.05, 0) is 57.8 Å². The Kier molecular flexibility index (Phi) is 7.57. The lowest BCUT2D eigenvalue weighted by Crippen LogP contribution is -2.56. The van der Waals surface area contributed by atoms with Gasteiger partial charge in [-0.25, -0.2) is 0 Å². The Morgan fingerprint density at radius 3 is 2.12 bits per heavy atom. The number of amides is 1. The zero-order valence-corrected chi connectivity index (χ0v) is 22.2. The number of hydrogen-bond acceptors (Lipinski definition) is 6. The minimum atomic E-state index is -0.869. The Hall–Kier alpha value is -1.89. The molecule has 1 amide bonds. The fourth-order valence-corrected chi connectivity index (χ4v) is 7.14. The zero-order valence-electron chi connectivity index (χ0n) is 22.2. The molecule has 7 nitrogen and oxygen atoms in total. The molecule has 0 spiro atoms. The van der Waals surface area contributed by atoms with Gasteiger partial charge in [-0.2, -0.15) is 0 Å². The number of hydrogen-bond donors (Lipinski definition) is 0. The first kappa shape index (κ1) is 26.7. The van der Waals surface area contributed by atoms with Gasteiger partial charge in [-0.3, -0.25) is 14.4 Å². The van der Waals surface area contributed by atoms with Crippen LogP contribution in [0.25, 0.3) is 0 Å². The minimum absolute atomic E-state index is 0.0363. The zero-order chi connectivity index (χ0) is 25.6. The summed E-state index contributed by atoms with van der Waals surface area (Å²) in [6.07, 6.45) is 2.85. The van der Waals surface area contributed by atoms with Crippen LogP contribution in [-0.2, 0) is 28.6 Å². The van der Waals surface area contributed by atoms with Gasteiger partial charge in [0.05, 0.1) is 12.1 Å². The van der Waals surface area contributed by atoms with Crippen molar-refractivity contribution < 1.29 is 28.6 Å². The van der Waals surface area contributed by atoms with E-state index in [1.54, 1.807) is 18.9 Å². The maximum Gasteiger partial charge on any atom is 0.303 e. The number of carbonyl (C=O) groups excluding carboxylic acids is 3. The molecule has 3 aliphatic rings. The first-order valence-electron chi connectivity index (χ1n) is 12.7. The molecular formula is C27H43NO6. The topological polar surface area (TPSA) is 82.1 Å². The molecular weight excluding hydrogens is 434 g/mol. The molecule has 0 N–H and O–H groups in total. The summed E-state index contributed by atoms with van der Waals surface area (Å²) in [5.74, 6) is 0.0868. The third-order valence-electron chi connectivity index (χ3n) is 8.68. The largest absolute Gasteiger partial charge is 0.459 e. The van der Waals surface area contributed by atoms with Crippen LogP contribution >= 0.6 is 0 Å². The van der Waals surface area contributed by atoms with Crippen LogP contribution < -0.4 is 0 Å². The number of ether oxygens (including phenoxy) is 3. The second-order valence-corrected chi connectivity index (χ2v) is 11.5. The second kappa shape index (κ2) is 9.63. The van der Waals surface area contributed by atoms with Gasteiger partial charge in [0.25, 0.3) is 0 Å². The third-order valence-corrected chi connectivity index (χ3v) is 8.68. The van der Waals surface area contributed by atoms with Crippen molar-refractivity contribution in [3.63, 3.8) is 0 Å². The molecule has 2 bridgehead atoms. The van der Waals surface area contributed by atoms with Gasteiger partial charge in [-0.15, -0.1) is 0 Å². The van der Waals surface area contributed by atoms with Gasteiger partial charge >= 0.3 is 11.9 Å². The van der Waals surface area contributed by atoms with Crippen LogP contribution in [0.3, 0.4) is 0 Å². The summed E-state index contributed by atoms with van der Waals surface area (Å²) in [5.41, 5.74) is -0.628. The molecule has 34 heavy (non-hydrogen) atoms. The van der Waals surface area contributed by atoms with Gasteiger partial charge in [-0.1, -0.05) is 26.0 Å². The Morgan fingerprint density at radius 1 is 1.03 bits per heavy atom. The molecule has 7 heteroatoms. The lowest BCUT2D eigenvalue weighted by molar-refractivity contribution is -0.181. The van der Waals surface area contributed by atoms with Crippen molar-refractivity contribution >= 4 is 17.8 Å². The van der Waals surface area contributed by atoms with Crippen molar-refractivity contribution in [3.05, 3.63) is 12.2 Å². The van der Waals surface area contributed by atoms with Gasteiger partial charge in [0.1, 0.15) is 17.3 Å². The predicted molar refractivity (Wildman–Crippen MR) is 129 cm³/mol. The molecule has 0 aromatic heterocycles. The van der Waals surface area contributed by atoms with E-state index in [9.17, 15) is 14.4 Å². The van der Waals surface area contributed by atoms with Crippen LogP contribution in [-0.4, -0.2) is 59.2 Å². The minimum Gasteiger partial charge on any atom is -0.459 e. The van der Waals surface area contributed by atoms with E-state index < -0.39 is 11.2 Å². The highest BCUT2D eigenvalue weighted by atomic mass is 16.6. The van der Waals surface area contributed by atoms with Crippen LogP contribution in [0.1, 0.15) is 80.6 Å². The summed E-state index contributed by atoms with van der Waals surface area (Å²) in [4.78, 5) is 38.4. The number of rotatable bonds is 4. The third kappa shape index (κ3) is 4.91. The molecule has 1 saturated carbocycles. The molecule has 0 aromatic carbocycles. The van der Waals surface area contributed by atoms with Crippen LogP contribution in [0.2, 0.25) is 0 Å². The molecule has 1 aliphatic carbocycles.